The van der Waals surface area contributed by atoms with Crippen LogP contribution in [0.15, 0.2) is 18.2 Å². The topological polar surface area (TPSA) is 34.2 Å². The van der Waals surface area contributed by atoms with E-state index < -0.39 is 0 Å². The molecule has 2 aromatic rings. The lowest BCUT2D eigenvalue weighted by atomic mass is 9.92. The molecule has 1 aromatic heterocycles. The molecular formula is C23H34N2O. The third-order valence-electron chi connectivity index (χ3n) is 5.55. The molecule has 0 saturated heterocycles. The smallest absolute Gasteiger partial charge is 0.119 e. The number of benzene rings is 1. The highest BCUT2D eigenvalue weighted by Crippen LogP contribution is 2.35. The van der Waals surface area contributed by atoms with Crippen LogP contribution in [-0.2, 0) is 12.8 Å². The Morgan fingerprint density at radius 1 is 1.00 bits per heavy atom. The molecule has 0 fully saturated rings. The Balaban J connectivity index is 1.69. The Morgan fingerprint density at radius 2 is 1.77 bits per heavy atom. The number of nitrogens with one attached hydrogen (secondary N) is 1. The number of hydrogen-bond donors (Lipinski definition) is 1. The number of pyridine rings is 1. The quantitative estimate of drug-likeness (QED) is 0.509. The predicted molar refractivity (Wildman–Crippen MR) is 111 cm³/mol. The molecule has 1 N–H and O–H groups in total. The SMILES string of the molecule is CCCCCCCCCNc1c2c(nc3ccc(OC)cc13)CCCC2. The van der Waals surface area contributed by atoms with Crippen molar-refractivity contribution >= 4 is 16.6 Å². The number of aryl methyl sites for hydroxylation is 1. The molecule has 0 spiro atoms. The molecule has 3 heteroatoms. The molecule has 0 bridgehead atoms. The van der Waals surface area contributed by atoms with Gasteiger partial charge in [-0.05, 0) is 55.9 Å². The summed E-state index contributed by atoms with van der Waals surface area (Å²) in [4.78, 5) is 4.94. The summed E-state index contributed by atoms with van der Waals surface area (Å²) in [5, 5.41) is 4.99. The highest BCUT2D eigenvalue weighted by Gasteiger charge is 2.18. The molecule has 0 unspecified atom stereocenters. The minimum atomic E-state index is 0.911. The summed E-state index contributed by atoms with van der Waals surface area (Å²) >= 11 is 0. The molecule has 0 radical (unpaired) electrons. The number of ether oxygens (including phenoxy) is 1. The first-order valence-electron chi connectivity index (χ1n) is 10.6. The number of rotatable bonds is 10. The molecule has 26 heavy (non-hydrogen) atoms. The first kappa shape index (κ1) is 19.0. The van der Waals surface area contributed by atoms with Crippen LogP contribution >= 0.6 is 0 Å². The zero-order chi connectivity index (χ0) is 18.2. The third-order valence-corrected chi connectivity index (χ3v) is 5.55. The van der Waals surface area contributed by atoms with Crippen molar-refractivity contribution in [2.45, 2.75) is 77.6 Å². The highest BCUT2D eigenvalue weighted by molar-refractivity contribution is 5.94. The van der Waals surface area contributed by atoms with Gasteiger partial charge in [0.15, 0.2) is 0 Å². The highest BCUT2D eigenvalue weighted by atomic mass is 16.5. The van der Waals surface area contributed by atoms with E-state index in [0.717, 1.165) is 30.7 Å². The largest absolute Gasteiger partial charge is 0.497 e. The van der Waals surface area contributed by atoms with Crippen LogP contribution in [0, 0.1) is 0 Å². The van der Waals surface area contributed by atoms with Gasteiger partial charge in [-0.2, -0.15) is 0 Å². The Bertz CT molecular complexity index is 711. The van der Waals surface area contributed by atoms with E-state index >= 15 is 0 Å². The van der Waals surface area contributed by atoms with E-state index in [1.165, 1.54) is 80.1 Å². The fourth-order valence-electron chi connectivity index (χ4n) is 4.03. The standard InChI is InChI=1S/C23H34N2O/c1-3-4-5-6-7-8-11-16-24-23-19-12-9-10-13-21(19)25-22-15-14-18(26-2)17-20(22)23/h14-15,17H,3-13,16H2,1-2H3,(H,24,25). The van der Waals surface area contributed by atoms with Crippen molar-refractivity contribution in [2.75, 3.05) is 19.0 Å². The summed E-state index contributed by atoms with van der Waals surface area (Å²) in [6, 6.07) is 6.26. The Labute approximate surface area is 158 Å². The van der Waals surface area contributed by atoms with Crippen LogP contribution in [0.5, 0.6) is 5.75 Å². The molecule has 3 rings (SSSR count). The van der Waals surface area contributed by atoms with Crippen molar-refractivity contribution < 1.29 is 4.74 Å². The van der Waals surface area contributed by atoms with Gasteiger partial charge in [0.05, 0.1) is 12.6 Å². The molecule has 0 amide bonds. The normalized spacial score (nSPS) is 13.6. The molecule has 3 nitrogen and oxygen atoms in total. The fraction of sp³-hybridized carbons (Fsp3) is 0.609. The minimum absolute atomic E-state index is 0.911. The zero-order valence-corrected chi connectivity index (χ0v) is 16.6. The maximum Gasteiger partial charge on any atom is 0.119 e. The van der Waals surface area contributed by atoms with Crippen molar-refractivity contribution in [2.24, 2.45) is 0 Å². The number of aromatic nitrogens is 1. The van der Waals surface area contributed by atoms with E-state index in [4.69, 9.17) is 9.72 Å². The van der Waals surface area contributed by atoms with Gasteiger partial charge < -0.3 is 10.1 Å². The van der Waals surface area contributed by atoms with Crippen molar-refractivity contribution in [3.8, 4) is 5.75 Å². The molecule has 0 aliphatic heterocycles. The van der Waals surface area contributed by atoms with Crippen molar-refractivity contribution in [3.63, 3.8) is 0 Å². The van der Waals surface area contributed by atoms with Gasteiger partial charge in [-0.1, -0.05) is 45.4 Å². The molecule has 1 aliphatic rings. The summed E-state index contributed by atoms with van der Waals surface area (Å²) in [6.45, 7) is 3.33. The number of hydrogen-bond acceptors (Lipinski definition) is 3. The van der Waals surface area contributed by atoms with Crippen LogP contribution in [0.3, 0.4) is 0 Å². The predicted octanol–water partition coefficient (Wildman–Crippen LogP) is 6.28. The number of fused-ring (bicyclic) bond motifs is 2. The third kappa shape index (κ3) is 4.69. The van der Waals surface area contributed by atoms with Gasteiger partial charge in [0, 0.05) is 23.3 Å². The summed E-state index contributed by atoms with van der Waals surface area (Å²) in [7, 11) is 1.73. The molecular weight excluding hydrogens is 320 g/mol. The second-order valence-electron chi connectivity index (χ2n) is 7.55. The fourth-order valence-corrected chi connectivity index (χ4v) is 4.03. The van der Waals surface area contributed by atoms with Crippen LogP contribution in [0.25, 0.3) is 10.9 Å². The molecule has 0 saturated carbocycles. The second kappa shape index (κ2) is 9.80. The van der Waals surface area contributed by atoms with E-state index in [9.17, 15) is 0 Å². The zero-order valence-electron chi connectivity index (χ0n) is 16.6. The van der Waals surface area contributed by atoms with E-state index in [2.05, 4.69) is 24.4 Å². The maximum absolute atomic E-state index is 5.46. The van der Waals surface area contributed by atoms with Crippen molar-refractivity contribution in [1.82, 2.24) is 4.98 Å². The summed E-state index contributed by atoms with van der Waals surface area (Å²) in [5.41, 5.74) is 5.15. The first-order valence-corrected chi connectivity index (χ1v) is 10.6. The van der Waals surface area contributed by atoms with E-state index in [1.807, 2.05) is 6.07 Å². The maximum atomic E-state index is 5.46. The number of methoxy groups -OCH3 is 1. The monoisotopic (exact) mass is 354 g/mol. The first-order chi connectivity index (χ1) is 12.8. The van der Waals surface area contributed by atoms with Crippen LogP contribution in [-0.4, -0.2) is 18.6 Å². The summed E-state index contributed by atoms with van der Waals surface area (Å²) in [5.74, 6) is 0.911. The molecule has 1 aliphatic carbocycles. The van der Waals surface area contributed by atoms with Gasteiger partial charge in [0.2, 0.25) is 0 Å². The Kier molecular flexibility index (Phi) is 7.16. The van der Waals surface area contributed by atoms with E-state index in [0.29, 0.717) is 0 Å². The molecule has 1 aromatic carbocycles. The number of unbranched alkanes of at least 4 members (excludes halogenated alkanes) is 6. The van der Waals surface area contributed by atoms with Crippen LogP contribution in [0.4, 0.5) is 5.69 Å². The van der Waals surface area contributed by atoms with Gasteiger partial charge in [-0.15, -0.1) is 0 Å². The van der Waals surface area contributed by atoms with Crippen LogP contribution in [0.1, 0.15) is 76.0 Å². The summed E-state index contributed by atoms with van der Waals surface area (Å²) in [6.07, 6.45) is 14.2. The van der Waals surface area contributed by atoms with Gasteiger partial charge in [-0.25, -0.2) is 0 Å². The van der Waals surface area contributed by atoms with Gasteiger partial charge >= 0.3 is 0 Å². The van der Waals surface area contributed by atoms with E-state index in [1.54, 1.807) is 7.11 Å². The number of anilines is 1. The van der Waals surface area contributed by atoms with Gasteiger partial charge in [0.25, 0.3) is 0 Å². The molecule has 0 atom stereocenters. The van der Waals surface area contributed by atoms with Crippen LogP contribution in [0.2, 0.25) is 0 Å². The molecule has 142 valence electrons. The second-order valence-corrected chi connectivity index (χ2v) is 7.55. The average molecular weight is 355 g/mol. The van der Waals surface area contributed by atoms with Crippen molar-refractivity contribution in [1.29, 1.82) is 0 Å². The minimum Gasteiger partial charge on any atom is -0.497 e. The lowest BCUT2D eigenvalue weighted by Crippen LogP contribution is -2.12. The van der Waals surface area contributed by atoms with Crippen LogP contribution < -0.4 is 10.1 Å². The molecule has 1 heterocycles. The average Bonchev–Trinajstić information content (AvgIpc) is 2.69. The number of nitrogens with zero attached hydrogens (tertiary/aromatic N) is 1. The van der Waals surface area contributed by atoms with Gasteiger partial charge in [0.1, 0.15) is 5.75 Å². The Morgan fingerprint density at radius 3 is 2.58 bits per heavy atom. The van der Waals surface area contributed by atoms with E-state index in [-0.39, 0.29) is 0 Å². The lowest BCUT2D eigenvalue weighted by Gasteiger charge is -2.22. The van der Waals surface area contributed by atoms with Gasteiger partial charge in [-0.3, -0.25) is 4.98 Å². The van der Waals surface area contributed by atoms with Crippen molar-refractivity contribution in [3.05, 3.63) is 29.5 Å². The lowest BCUT2D eigenvalue weighted by molar-refractivity contribution is 0.415. The summed E-state index contributed by atoms with van der Waals surface area (Å²) < 4.78 is 5.46. The Hall–Kier alpha value is -1.77.